The summed E-state index contributed by atoms with van der Waals surface area (Å²) >= 11 is 12.2. The Balaban J connectivity index is 1.46. The van der Waals surface area contributed by atoms with Crippen LogP contribution in [0.5, 0.6) is 5.75 Å². The molecule has 0 fully saturated rings. The average molecular weight is 641 g/mol. The number of hydrogen-bond donors (Lipinski definition) is 2. The number of benzene rings is 4. The van der Waals surface area contributed by atoms with Gasteiger partial charge in [0.2, 0.25) is 0 Å². The molecule has 4 rings (SSSR count). The first-order chi connectivity index (χ1) is 21.2. The number of halogens is 4. The quantitative estimate of drug-likeness (QED) is 0.127. The molecule has 0 saturated heterocycles. The van der Waals surface area contributed by atoms with Crippen molar-refractivity contribution in [2.24, 2.45) is 0 Å². The van der Waals surface area contributed by atoms with Crippen molar-refractivity contribution in [1.82, 2.24) is 5.32 Å². The number of carbonyl (C=O) groups excluding carboxylic acids is 1. The van der Waals surface area contributed by atoms with E-state index >= 15 is 0 Å². The predicted octanol–water partition coefficient (Wildman–Crippen LogP) is 9.38. The van der Waals surface area contributed by atoms with E-state index in [4.69, 9.17) is 33.0 Å². The van der Waals surface area contributed by atoms with Crippen LogP contribution in [-0.2, 0) is 11.2 Å². The monoisotopic (exact) mass is 639 g/mol. The van der Waals surface area contributed by atoms with Gasteiger partial charge in [-0.3, -0.25) is 4.79 Å². The van der Waals surface area contributed by atoms with Gasteiger partial charge in [-0.2, -0.15) is 0 Å². The van der Waals surface area contributed by atoms with Crippen molar-refractivity contribution in [2.75, 3.05) is 13.2 Å². The Hall–Kier alpha value is -3.94. The van der Waals surface area contributed by atoms with Crippen LogP contribution in [0, 0.1) is 11.6 Å². The third-order valence-corrected chi connectivity index (χ3v) is 7.81. The van der Waals surface area contributed by atoms with Crippen LogP contribution in [0.4, 0.5) is 8.78 Å². The molecule has 44 heavy (non-hydrogen) atoms. The minimum Gasteiger partial charge on any atom is -0.480 e. The summed E-state index contributed by atoms with van der Waals surface area (Å²) in [7, 11) is 0. The first kappa shape index (κ1) is 33.0. The van der Waals surface area contributed by atoms with Gasteiger partial charge in [-0.25, -0.2) is 13.6 Å². The first-order valence-electron chi connectivity index (χ1n) is 14.5. The molecular weight excluding hydrogens is 607 g/mol. The lowest BCUT2D eigenvalue weighted by molar-refractivity contribution is -0.139. The molecular formula is C35H33Cl2F2NO4. The highest BCUT2D eigenvalue weighted by molar-refractivity contribution is 6.32. The normalized spacial score (nSPS) is 10.9. The Labute approximate surface area is 265 Å². The van der Waals surface area contributed by atoms with E-state index in [2.05, 4.69) is 29.6 Å². The van der Waals surface area contributed by atoms with Gasteiger partial charge < -0.3 is 15.2 Å². The Kier molecular flexibility index (Phi) is 12.2. The predicted molar refractivity (Wildman–Crippen MR) is 171 cm³/mol. The lowest BCUT2D eigenvalue weighted by Crippen LogP contribution is -2.24. The Morgan fingerprint density at radius 1 is 0.750 bits per heavy atom. The fourth-order valence-corrected chi connectivity index (χ4v) is 5.30. The van der Waals surface area contributed by atoms with Crippen LogP contribution in [0.3, 0.4) is 0 Å². The number of rotatable bonds is 15. The molecule has 0 aliphatic carbocycles. The lowest BCUT2D eigenvalue weighted by Gasteiger charge is -2.16. The highest BCUT2D eigenvalue weighted by Gasteiger charge is 2.19. The zero-order chi connectivity index (χ0) is 31.5. The fourth-order valence-electron chi connectivity index (χ4n) is 4.90. The van der Waals surface area contributed by atoms with E-state index in [0.29, 0.717) is 28.8 Å². The van der Waals surface area contributed by atoms with E-state index < -0.39 is 24.2 Å². The van der Waals surface area contributed by atoms with E-state index in [1.54, 1.807) is 18.2 Å². The highest BCUT2D eigenvalue weighted by Crippen LogP contribution is 2.40. The molecule has 0 unspecified atom stereocenters. The summed E-state index contributed by atoms with van der Waals surface area (Å²) in [6.07, 6.45) is 7.43. The number of unbranched alkanes of at least 4 members (excludes halogenated alkanes) is 5. The number of carboxylic acid groups (broad SMARTS) is 1. The van der Waals surface area contributed by atoms with Crippen molar-refractivity contribution in [3.63, 3.8) is 0 Å². The molecule has 0 aliphatic rings. The molecule has 0 aliphatic heterocycles. The van der Waals surface area contributed by atoms with Gasteiger partial charge in [0.05, 0.1) is 5.02 Å². The Bertz CT molecular complexity index is 1600. The van der Waals surface area contributed by atoms with Crippen molar-refractivity contribution in [3.05, 3.63) is 112 Å². The SMILES string of the molecule is O=C(O)COc1c(-c2cc(C(=O)NCCCCCCCCc3ccccc3)cc(-c3ccc(F)c(Cl)c3)c2)ccc(F)c1Cl. The van der Waals surface area contributed by atoms with Crippen LogP contribution >= 0.6 is 23.2 Å². The molecule has 4 aromatic rings. The molecule has 9 heteroatoms. The van der Waals surface area contributed by atoms with Crippen LogP contribution in [0.2, 0.25) is 10.0 Å². The minimum atomic E-state index is -1.27. The molecule has 5 nitrogen and oxygen atoms in total. The van der Waals surface area contributed by atoms with E-state index in [0.717, 1.165) is 51.0 Å². The van der Waals surface area contributed by atoms with Crippen LogP contribution in [0.1, 0.15) is 54.4 Å². The standard InChI is InChI=1S/C35H33Cl2F2NO4/c36-29-21-24(13-15-30(29)38)25-18-26(28-14-16-31(39)33(37)34(28)44-22-32(41)42)20-27(19-25)35(43)40-17-9-4-2-1-3-6-10-23-11-7-5-8-12-23/h5,7-8,11-16,18-21H,1-4,6,9-10,17,22H2,(H,40,43)(H,41,42). The smallest absolute Gasteiger partial charge is 0.341 e. The van der Waals surface area contributed by atoms with Gasteiger partial charge in [-0.05, 0) is 84.0 Å². The fraction of sp³-hybridized carbons (Fsp3) is 0.257. The van der Waals surface area contributed by atoms with Crippen molar-refractivity contribution in [1.29, 1.82) is 0 Å². The molecule has 1 amide bonds. The Morgan fingerprint density at radius 3 is 2.16 bits per heavy atom. The van der Waals surface area contributed by atoms with Gasteiger partial charge in [0.25, 0.3) is 5.91 Å². The summed E-state index contributed by atoms with van der Waals surface area (Å²) < 4.78 is 33.6. The molecule has 0 aromatic heterocycles. The number of hydrogen-bond acceptors (Lipinski definition) is 3. The number of aryl methyl sites for hydroxylation is 1. The Morgan fingerprint density at radius 2 is 1.43 bits per heavy atom. The van der Waals surface area contributed by atoms with Crippen LogP contribution < -0.4 is 10.1 Å². The third-order valence-electron chi connectivity index (χ3n) is 7.17. The number of carbonyl (C=O) groups is 2. The summed E-state index contributed by atoms with van der Waals surface area (Å²) in [4.78, 5) is 24.4. The number of amides is 1. The summed E-state index contributed by atoms with van der Waals surface area (Å²) in [5.74, 6) is -3.14. The molecule has 0 bridgehead atoms. The van der Waals surface area contributed by atoms with E-state index in [1.165, 1.54) is 29.8 Å². The number of carboxylic acids is 1. The van der Waals surface area contributed by atoms with Crippen molar-refractivity contribution < 1.29 is 28.2 Å². The molecule has 0 spiro atoms. The highest BCUT2D eigenvalue weighted by atomic mass is 35.5. The first-order valence-corrected chi connectivity index (χ1v) is 15.2. The molecule has 4 aromatic carbocycles. The van der Waals surface area contributed by atoms with Crippen LogP contribution in [0.25, 0.3) is 22.3 Å². The van der Waals surface area contributed by atoms with Crippen LogP contribution in [0.15, 0.2) is 78.9 Å². The van der Waals surface area contributed by atoms with Gasteiger partial charge in [0.15, 0.2) is 6.61 Å². The van der Waals surface area contributed by atoms with Gasteiger partial charge in [-0.1, -0.05) is 85.3 Å². The summed E-state index contributed by atoms with van der Waals surface area (Å²) in [5.41, 5.74) is 3.44. The second-order valence-corrected chi connectivity index (χ2v) is 11.2. The second-order valence-electron chi connectivity index (χ2n) is 10.5. The second kappa shape index (κ2) is 16.2. The summed E-state index contributed by atoms with van der Waals surface area (Å²) in [6.45, 7) is -0.260. The van der Waals surface area contributed by atoms with Crippen molar-refractivity contribution in [2.45, 2.75) is 44.9 Å². The minimum absolute atomic E-state index is 0.0886. The average Bonchev–Trinajstić information content (AvgIpc) is 3.02. The third kappa shape index (κ3) is 9.28. The molecule has 230 valence electrons. The zero-order valence-corrected chi connectivity index (χ0v) is 25.6. The molecule has 0 atom stereocenters. The molecule has 0 radical (unpaired) electrons. The summed E-state index contributed by atoms with van der Waals surface area (Å²) in [5, 5.41) is 11.6. The number of ether oxygens (including phenoxy) is 1. The van der Waals surface area contributed by atoms with Gasteiger partial charge in [0.1, 0.15) is 22.4 Å². The lowest BCUT2D eigenvalue weighted by atomic mass is 9.95. The molecule has 0 saturated carbocycles. The zero-order valence-electron chi connectivity index (χ0n) is 24.1. The van der Waals surface area contributed by atoms with Gasteiger partial charge >= 0.3 is 5.97 Å². The van der Waals surface area contributed by atoms with Crippen molar-refractivity contribution in [3.8, 4) is 28.0 Å². The topological polar surface area (TPSA) is 75.6 Å². The molecule has 0 heterocycles. The van der Waals surface area contributed by atoms with E-state index in [9.17, 15) is 18.4 Å². The number of nitrogens with one attached hydrogen (secondary N) is 1. The maximum Gasteiger partial charge on any atom is 0.341 e. The largest absolute Gasteiger partial charge is 0.480 e. The summed E-state index contributed by atoms with van der Waals surface area (Å²) in [6, 6.07) is 22.1. The van der Waals surface area contributed by atoms with E-state index in [-0.39, 0.29) is 27.3 Å². The van der Waals surface area contributed by atoms with Gasteiger partial charge in [0, 0.05) is 17.7 Å². The van der Waals surface area contributed by atoms with Gasteiger partial charge in [-0.15, -0.1) is 0 Å². The number of aliphatic carboxylic acids is 1. The maximum absolute atomic E-state index is 14.3. The van der Waals surface area contributed by atoms with Crippen LogP contribution in [-0.4, -0.2) is 30.1 Å². The van der Waals surface area contributed by atoms with E-state index in [1.807, 2.05) is 6.07 Å². The maximum atomic E-state index is 14.3. The van der Waals surface area contributed by atoms with Crippen molar-refractivity contribution >= 4 is 35.1 Å². The molecule has 2 N–H and O–H groups in total.